The van der Waals surface area contributed by atoms with Crippen molar-refractivity contribution in [3.63, 3.8) is 0 Å². The number of carbonyl (C=O) groups is 2. The average Bonchev–Trinajstić information content (AvgIpc) is 2.55. The summed E-state index contributed by atoms with van der Waals surface area (Å²) in [6, 6.07) is 6.66. The molecule has 0 heterocycles. The lowest BCUT2D eigenvalue weighted by Crippen LogP contribution is -2.40. The van der Waals surface area contributed by atoms with E-state index in [0.717, 1.165) is 11.3 Å². The lowest BCUT2D eigenvalue weighted by Gasteiger charge is -2.14. The van der Waals surface area contributed by atoms with Crippen molar-refractivity contribution in [2.24, 2.45) is 0 Å². The van der Waals surface area contributed by atoms with Crippen molar-refractivity contribution in [3.8, 4) is 0 Å². The Kier molecular flexibility index (Phi) is 9.59. The molecular weight excluding hydrogens is 354 g/mol. The molecule has 2 atom stereocenters. The summed E-state index contributed by atoms with van der Waals surface area (Å²) < 4.78 is 9.65. The van der Waals surface area contributed by atoms with Crippen LogP contribution in [0.25, 0.3) is 0 Å². The third-order valence-electron chi connectivity index (χ3n) is 2.87. The van der Waals surface area contributed by atoms with Gasteiger partial charge in [0, 0.05) is 16.5 Å². The lowest BCUT2D eigenvalue weighted by molar-refractivity contribution is -0.145. The highest BCUT2D eigenvalue weighted by Crippen LogP contribution is 2.16. The molecule has 0 radical (unpaired) electrons. The van der Waals surface area contributed by atoms with Crippen molar-refractivity contribution in [1.82, 2.24) is 5.32 Å². The van der Waals surface area contributed by atoms with Gasteiger partial charge in [-0.25, -0.2) is 9.59 Å². The van der Waals surface area contributed by atoms with Crippen molar-refractivity contribution < 1.29 is 24.2 Å². The Morgan fingerprint density at radius 3 is 2.58 bits per heavy atom. The number of amides is 1. The molecule has 0 saturated carbocycles. The zero-order valence-corrected chi connectivity index (χ0v) is 15.2. The van der Waals surface area contributed by atoms with E-state index in [4.69, 9.17) is 21.1 Å². The summed E-state index contributed by atoms with van der Waals surface area (Å²) >= 11 is 7.33. The molecule has 1 rings (SSSR count). The summed E-state index contributed by atoms with van der Waals surface area (Å²) in [5.74, 6) is 0.609. The Balaban J connectivity index is 2.18. The molecule has 0 spiro atoms. The molecule has 8 heteroatoms. The van der Waals surface area contributed by atoms with Crippen molar-refractivity contribution in [1.29, 1.82) is 0 Å². The number of hydrogen-bond donors (Lipinski definition) is 2. The molecule has 2 unspecified atom stereocenters. The van der Waals surface area contributed by atoms with Crippen LogP contribution in [-0.2, 0) is 20.0 Å². The minimum absolute atomic E-state index is 0.144. The van der Waals surface area contributed by atoms with Crippen LogP contribution >= 0.6 is 23.4 Å². The number of carbonyl (C=O) groups excluding carboxylic acids is 2. The summed E-state index contributed by atoms with van der Waals surface area (Å²) in [5, 5.41) is 12.8. The Bertz CT molecular complexity index is 526. The van der Waals surface area contributed by atoms with Crippen molar-refractivity contribution in [2.45, 2.75) is 31.7 Å². The summed E-state index contributed by atoms with van der Waals surface area (Å²) in [6.07, 6.45) is -1.55. The molecule has 6 nitrogen and oxygen atoms in total. The van der Waals surface area contributed by atoms with E-state index in [1.807, 2.05) is 24.3 Å². The second kappa shape index (κ2) is 11.2. The number of rotatable bonds is 9. The van der Waals surface area contributed by atoms with Gasteiger partial charge in [-0.3, -0.25) is 0 Å². The molecule has 0 fully saturated rings. The fourth-order valence-electron chi connectivity index (χ4n) is 1.66. The van der Waals surface area contributed by atoms with E-state index in [1.165, 1.54) is 18.7 Å². The zero-order chi connectivity index (χ0) is 17.9. The second-order valence-electron chi connectivity index (χ2n) is 5.01. The first kappa shape index (κ1) is 20.6. The fourth-order valence-corrected chi connectivity index (χ4v) is 2.70. The highest BCUT2D eigenvalue weighted by Gasteiger charge is 2.18. The van der Waals surface area contributed by atoms with Gasteiger partial charge in [-0.15, -0.1) is 0 Å². The topological polar surface area (TPSA) is 84.9 Å². The molecule has 0 bridgehead atoms. The number of halogens is 1. The van der Waals surface area contributed by atoms with Crippen molar-refractivity contribution in [2.75, 3.05) is 19.0 Å². The minimum Gasteiger partial charge on any atom is -0.464 e. The van der Waals surface area contributed by atoms with Crippen LogP contribution in [0.2, 0.25) is 5.02 Å². The number of ether oxygens (including phenoxy) is 2. The highest BCUT2D eigenvalue weighted by molar-refractivity contribution is 7.98. The van der Waals surface area contributed by atoms with Crippen molar-refractivity contribution in [3.05, 3.63) is 34.9 Å². The summed E-state index contributed by atoms with van der Waals surface area (Å²) in [6.45, 7) is 3.27. The van der Waals surface area contributed by atoms with Gasteiger partial charge in [-0.1, -0.05) is 23.7 Å². The lowest BCUT2D eigenvalue weighted by atomic mass is 10.2. The largest absolute Gasteiger partial charge is 0.464 e. The van der Waals surface area contributed by atoms with Gasteiger partial charge < -0.3 is 19.9 Å². The summed E-state index contributed by atoms with van der Waals surface area (Å²) in [5.41, 5.74) is 1.10. The van der Waals surface area contributed by atoms with Gasteiger partial charge in [0.1, 0.15) is 12.6 Å². The van der Waals surface area contributed by atoms with E-state index in [9.17, 15) is 14.7 Å². The maximum atomic E-state index is 11.5. The van der Waals surface area contributed by atoms with Crippen LogP contribution in [0.4, 0.5) is 4.79 Å². The monoisotopic (exact) mass is 375 g/mol. The van der Waals surface area contributed by atoms with Crippen molar-refractivity contribution >= 4 is 35.4 Å². The van der Waals surface area contributed by atoms with E-state index >= 15 is 0 Å². The molecule has 24 heavy (non-hydrogen) atoms. The van der Waals surface area contributed by atoms with Gasteiger partial charge >= 0.3 is 12.1 Å². The normalized spacial score (nSPS) is 13.0. The predicted molar refractivity (Wildman–Crippen MR) is 94.2 cm³/mol. The summed E-state index contributed by atoms with van der Waals surface area (Å²) in [7, 11) is 0. The molecule has 0 aromatic heterocycles. The van der Waals surface area contributed by atoms with E-state index < -0.39 is 24.2 Å². The van der Waals surface area contributed by atoms with Crippen LogP contribution in [0.1, 0.15) is 19.4 Å². The predicted octanol–water partition coefficient (Wildman–Crippen LogP) is 2.61. The third-order valence-corrected chi connectivity index (χ3v) is 4.28. The first-order valence-corrected chi connectivity index (χ1v) is 9.05. The number of alkyl carbamates (subject to hydrolysis) is 1. The van der Waals surface area contributed by atoms with Gasteiger partial charge in [-0.2, -0.15) is 11.8 Å². The molecule has 134 valence electrons. The van der Waals surface area contributed by atoms with Gasteiger partial charge in [-0.05, 0) is 31.5 Å². The summed E-state index contributed by atoms with van der Waals surface area (Å²) in [4.78, 5) is 22.9. The van der Waals surface area contributed by atoms with Crippen LogP contribution in [-0.4, -0.2) is 48.3 Å². The number of aliphatic hydroxyl groups is 1. The minimum atomic E-state index is -0.797. The van der Waals surface area contributed by atoms with Crippen LogP contribution in [0.3, 0.4) is 0 Å². The number of hydrogen-bond acceptors (Lipinski definition) is 6. The van der Waals surface area contributed by atoms with Crippen LogP contribution in [0.5, 0.6) is 0 Å². The Labute approximate surface area is 150 Å². The Morgan fingerprint density at radius 2 is 1.96 bits per heavy atom. The number of nitrogens with one attached hydrogen (secondary N) is 1. The molecule has 0 aliphatic carbocycles. The van der Waals surface area contributed by atoms with E-state index in [0.29, 0.717) is 10.8 Å². The fraction of sp³-hybridized carbons (Fsp3) is 0.500. The van der Waals surface area contributed by atoms with Gasteiger partial charge in [0.15, 0.2) is 0 Å². The van der Waals surface area contributed by atoms with Gasteiger partial charge in [0.25, 0.3) is 0 Å². The van der Waals surface area contributed by atoms with Crippen LogP contribution in [0.15, 0.2) is 24.3 Å². The van der Waals surface area contributed by atoms with E-state index in [2.05, 4.69) is 5.32 Å². The van der Waals surface area contributed by atoms with Crippen LogP contribution < -0.4 is 5.32 Å². The Morgan fingerprint density at radius 1 is 1.29 bits per heavy atom. The van der Waals surface area contributed by atoms with E-state index in [1.54, 1.807) is 6.92 Å². The highest BCUT2D eigenvalue weighted by atomic mass is 35.5. The van der Waals surface area contributed by atoms with Gasteiger partial charge in [0.05, 0.1) is 12.7 Å². The molecule has 0 aliphatic rings. The number of esters is 1. The maximum absolute atomic E-state index is 11.5. The molecule has 1 aromatic carbocycles. The van der Waals surface area contributed by atoms with Crippen LogP contribution in [0, 0.1) is 0 Å². The SMILES string of the molecule is CCOC(=O)C(C)NC(=O)OCC(O)CSCc1ccc(Cl)cc1. The molecule has 1 amide bonds. The number of thioether (sulfide) groups is 1. The second-order valence-corrected chi connectivity index (χ2v) is 6.48. The third kappa shape index (κ3) is 8.42. The molecule has 0 saturated heterocycles. The standard InChI is InChI=1S/C16H22ClNO5S/c1-3-22-15(20)11(2)18-16(21)23-8-14(19)10-24-9-12-4-6-13(17)7-5-12/h4-7,11,14,19H,3,8-10H2,1-2H3,(H,18,21). The molecule has 1 aromatic rings. The first-order valence-electron chi connectivity index (χ1n) is 7.52. The molecular formula is C16H22ClNO5S. The Hall–Kier alpha value is -1.44. The smallest absolute Gasteiger partial charge is 0.407 e. The number of benzene rings is 1. The molecule has 0 aliphatic heterocycles. The zero-order valence-electron chi connectivity index (χ0n) is 13.7. The quantitative estimate of drug-likeness (QED) is 0.645. The number of aliphatic hydroxyl groups excluding tert-OH is 1. The average molecular weight is 376 g/mol. The molecule has 2 N–H and O–H groups in total. The maximum Gasteiger partial charge on any atom is 0.407 e. The van der Waals surface area contributed by atoms with Gasteiger partial charge in [0.2, 0.25) is 0 Å². The first-order chi connectivity index (χ1) is 11.4. The van der Waals surface area contributed by atoms with E-state index in [-0.39, 0.29) is 13.2 Å².